The Morgan fingerprint density at radius 2 is 1.81 bits per heavy atom. The van der Waals surface area contributed by atoms with Crippen molar-refractivity contribution < 1.29 is 14.7 Å². The van der Waals surface area contributed by atoms with Gasteiger partial charge in [0.2, 0.25) is 11.8 Å². The molecule has 1 heterocycles. The molecule has 0 aromatic carbocycles. The second-order valence-electron chi connectivity index (χ2n) is 5.59. The number of aliphatic hydroxyl groups excluding tert-OH is 1. The topological polar surface area (TPSA) is 57.6 Å². The lowest BCUT2D eigenvalue weighted by atomic mass is 9.71. The SMILES string of the molecule is CC1(C)CCC(O)CC1N1C(=O)CCC1=O. The third kappa shape index (κ3) is 1.86. The van der Waals surface area contributed by atoms with Gasteiger partial charge in [-0.1, -0.05) is 13.8 Å². The summed E-state index contributed by atoms with van der Waals surface area (Å²) in [5.74, 6) is -0.144. The van der Waals surface area contributed by atoms with Crippen LogP contribution in [0.5, 0.6) is 0 Å². The summed E-state index contributed by atoms with van der Waals surface area (Å²) in [5, 5.41) is 9.70. The highest BCUT2D eigenvalue weighted by Crippen LogP contribution is 2.40. The van der Waals surface area contributed by atoms with Gasteiger partial charge in [-0.05, 0) is 24.7 Å². The van der Waals surface area contributed by atoms with Crippen LogP contribution >= 0.6 is 0 Å². The summed E-state index contributed by atoms with van der Waals surface area (Å²) in [5.41, 5.74) is -0.0745. The maximum absolute atomic E-state index is 11.7. The zero-order valence-corrected chi connectivity index (χ0v) is 9.90. The molecule has 0 aromatic rings. The Morgan fingerprint density at radius 1 is 1.25 bits per heavy atom. The van der Waals surface area contributed by atoms with Gasteiger partial charge in [0.05, 0.1) is 6.10 Å². The molecule has 2 unspecified atom stereocenters. The van der Waals surface area contributed by atoms with Crippen molar-refractivity contribution in [1.82, 2.24) is 4.90 Å². The van der Waals surface area contributed by atoms with E-state index in [4.69, 9.17) is 0 Å². The van der Waals surface area contributed by atoms with Crippen LogP contribution in [-0.4, -0.2) is 34.0 Å². The van der Waals surface area contributed by atoms with E-state index in [0.717, 1.165) is 12.8 Å². The first-order valence-electron chi connectivity index (χ1n) is 5.95. The fourth-order valence-corrected chi connectivity index (χ4v) is 2.80. The van der Waals surface area contributed by atoms with Gasteiger partial charge in [0.1, 0.15) is 0 Å². The Bertz CT molecular complexity index is 308. The van der Waals surface area contributed by atoms with Crippen LogP contribution in [0, 0.1) is 5.41 Å². The van der Waals surface area contributed by atoms with Crippen LogP contribution in [0.1, 0.15) is 46.0 Å². The van der Waals surface area contributed by atoms with Crippen molar-refractivity contribution in [2.24, 2.45) is 5.41 Å². The maximum atomic E-state index is 11.7. The van der Waals surface area contributed by atoms with E-state index in [1.54, 1.807) is 0 Å². The molecule has 4 nitrogen and oxygen atoms in total. The van der Waals surface area contributed by atoms with Crippen molar-refractivity contribution in [2.45, 2.75) is 58.1 Å². The normalized spacial score (nSPS) is 34.6. The van der Waals surface area contributed by atoms with Gasteiger partial charge in [0.25, 0.3) is 0 Å². The smallest absolute Gasteiger partial charge is 0.229 e. The molecule has 0 radical (unpaired) electrons. The van der Waals surface area contributed by atoms with Gasteiger partial charge in [-0.3, -0.25) is 14.5 Å². The first-order chi connectivity index (χ1) is 7.42. The summed E-state index contributed by atoms with van der Waals surface area (Å²) in [4.78, 5) is 24.8. The van der Waals surface area contributed by atoms with Crippen LogP contribution < -0.4 is 0 Å². The van der Waals surface area contributed by atoms with E-state index in [2.05, 4.69) is 13.8 Å². The number of carbonyl (C=O) groups is 2. The maximum Gasteiger partial charge on any atom is 0.229 e. The van der Waals surface area contributed by atoms with Crippen LogP contribution in [0.2, 0.25) is 0 Å². The van der Waals surface area contributed by atoms with Crippen molar-refractivity contribution in [2.75, 3.05) is 0 Å². The number of aliphatic hydroxyl groups is 1. The summed E-state index contributed by atoms with van der Waals surface area (Å²) >= 11 is 0. The van der Waals surface area contributed by atoms with E-state index in [1.165, 1.54) is 4.90 Å². The van der Waals surface area contributed by atoms with Gasteiger partial charge in [-0.2, -0.15) is 0 Å². The Kier molecular flexibility index (Phi) is 2.78. The standard InChI is InChI=1S/C12H19NO3/c1-12(2)6-5-8(14)7-9(12)13-10(15)3-4-11(13)16/h8-9,14H,3-7H2,1-2H3. The summed E-state index contributed by atoms with van der Waals surface area (Å²) in [6, 6.07) is -0.126. The van der Waals surface area contributed by atoms with E-state index >= 15 is 0 Å². The van der Waals surface area contributed by atoms with Gasteiger partial charge in [0, 0.05) is 18.9 Å². The van der Waals surface area contributed by atoms with Crippen molar-refractivity contribution in [3.63, 3.8) is 0 Å². The van der Waals surface area contributed by atoms with E-state index in [9.17, 15) is 14.7 Å². The lowest BCUT2D eigenvalue weighted by molar-refractivity contribution is -0.146. The second-order valence-corrected chi connectivity index (χ2v) is 5.59. The number of hydrogen-bond donors (Lipinski definition) is 1. The highest BCUT2D eigenvalue weighted by Gasteiger charge is 2.45. The molecule has 1 saturated heterocycles. The first-order valence-corrected chi connectivity index (χ1v) is 5.95. The predicted octanol–water partition coefficient (Wildman–Crippen LogP) is 1.07. The van der Waals surface area contributed by atoms with Crippen LogP contribution in [0.3, 0.4) is 0 Å². The molecule has 0 aromatic heterocycles. The molecule has 1 aliphatic heterocycles. The van der Waals surface area contributed by atoms with Gasteiger partial charge in [-0.25, -0.2) is 0 Å². The zero-order valence-electron chi connectivity index (χ0n) is 9.90. The molecule has 16 heavy (non-hydrogen) atoms. The summed E-state index contributed by atoms with van der Waals surface area (Å²) in [6.07, 6.45) is 2.45. The molecular weight excluding hydrogens is 206 g/mol. The molecule has 2 atom stereocenters. The van der Waals surface area contributed by atoms with Crippen LogP contribution in [-0.2, 0) is 9.59 Å². The van der Waals surface area contributed by atoms with E-state index in [0.29, 0.717) is 19.3 Å². The molecule has 0 spiro atoms. The molecule has 2 rings (SSSR count). The lowest BCUT2D eigenvalue weighted by Gasteiger charge is -2.44. The van der Waals surface area contributed by atoms with Crippen molar-refractivity contribution in [3.8, 4) is 0 Å². The minimum absolute atomic E-state index is 0.0721. The van der Waals surface area contributed by atoms with E-state index in [-0.39, 0.29) is 29.4 Å². The number of nitrogens with zero attached hydrogens (tertiary/aromatic N) is 1. The zero-order chi connectivity index (χ0) is 11.9. The predicted molar refractivity (Wildman–Crippen MR) is 58.5 cm³/mol. The Hall–Kier alpha value is -0.900. The van der Waals surface area contributed by atoms with Crippen LogP contribution in [0.25, 0.3) is 0 Å². The summed E-state index contributed by atoms with van der Waals surface area (Å²) in [6.45, 7) is 4.14. The number of amides is 2. The third-order valence-electron chi connectivity index (χ3n) is 3.92. The molecule has 4 heteroatoms. The second kappa shape index (κ2) is 3.84. The third-order valence-corrected chi connectivity index (χ3v) is 3.92. The highest BCUT2D eigenvalue weighted by atomic mass is 16.3. The molecule has 1 saturated carbocycles. The van der Waals surface area contributed by atoms with Gasteiger partial charge in [0.15, 0.2) is 0 Å². The minimum Gasteiger partial charge on any atom is -0.393 e. The number of imide groups is 1. The Labute approximate surface area is 95.6 Å². The minimum atomic E-state index is -0.376. The van der Waals surface area contributed by atoms with Crippen LogP contribution in [0.4, 0.5) is 0 Å². The van der Waals surface area contributed by atoms with E-state index in [1.807, 2.05) is 0 Å². The molecule has 2 fully saturated rings. The van der Waals surface area contributed by atoms with Gasteiger partial charge >= 0.3 is 0 Å². The fourth-order valence-electron chi connectivity index (χ4n) is 2.80. The Balaban J connectivity index is 2.23. The number of hydrogen-bond acceptors (Lipinski definition) is 3. The van der Waals surface area contributed by atoms with Crippen LogP contribution in [0.15, 0.2) is 0 Å². The Morgan fingerprint density at radius 3 is 2.38 bits per heavy atom. The van der Waals surface area contributed by atoms with E-state index < -0.39 is 0 Å². The molecule has 2 amide bonds. The summed E-state index contributed by atoms with van der Waals surface area (Å²) < 4.78 is 0. The monoisotopic (exact) mass is 225 g/mol. The molecule has 2 aliphatic rings. The molecule has 0 bridgehead atoms. The number of likely N-dealkylation sites (tertiary alicyclic amines) is 1. The number of carbonyl (C=O) groups excluding carboxylic acids is 2. The number of rotatable bonds is 1. The van der Waals surface area contributed by atoms with Crippen molar-refractivity contribution in [1.29, 1.82) is 0 Å². The average molecular weight is 225 g/mol. The van der Waals surface area contributed by atoms with Gasteiger partial charge < -0.3 is 5.11 Å². The lowest BCUT2D eigenvalue weighted by Crippen LogP contribution is -2.52. The molecular formula is C12H19NO3. The molecule has 1 aliphatic carbocycles. The van der Waals surface area contributed by atoms with Crippen molar-refractivity contribution >= 4 is 11.8 Å². The summed E-state index contributed by atoms with van der Waals surface area (Å²) in [7, 11) is 0. The fraction of sp³-hybridized carbons (Fsp3) is 0.833. The highest BCUT2D eigenvalue weighted by molar-refractivity contribution is 6.02. The largest absolute Gasteiger partial charge is 0.393 e. The molecule has 1 N–H and O–H groups in total. The quantitative estimate of drug-likeness (QED) is 0.679. The first kappa shape index (κ1) is 11.6. The average Bonchev–Trinajstić information content (AvgIpc) is 2.51. The molecule has 90 valence electrons. The van der Waals surface area contributed by atoms with Gasteiger partial charge in [-0.15, -0.1) is 0 Å². The van der Waals surface area contributed by atoms with Crippen molar-refractivity contribution in [3.05, 3.63) is 0 Å².